The van der Waals surface area contributed by atoms with Crippen molar-refractivity contribution in [3.8, 4) is 0 Å². The van der Waals surface area contributed by atoms with Crippen molar-refractivity contribution < 1.29 is 9.53 Å². The molecule has 0 saturated carbocycles. The summed E-state index contributed by atoms with van der Waals surface area (Å²) in [6, 6.07) is 9.84. The van der Waals surface area contributed by atoms with Crippen LogP contribution in [0.25, 0.3) is 0 Å². The monoisotopic (exact) mass is 275 g/mol. The van der Waals surface area contributed by atoms with E-state index in [1.54, 1.807) is 0 Å². The highest BCUT2D eigenvalue weighted by molar-refractivity contribution is 5.67. The van der Waals surface area contributed by atoms with E-state index in [9.17, 15) is 4.79 Å². The number of carbonyl (C=O) groups excluding carboxylic acids is 1. The van der Waals surface area contributed by atoms with E-state index in [0.29, 0.717) is 18.4 Å². The third kappa shape index (κ3) is 4.55. The standard InChI is InChI=1S/C17H25NO2/c1-14(2)11-16-9-6-10-18(12-16)17(19)20-13-15-7-4-3-5-8-15/h3-5,7-8,14,16H,6,9-13H2,1-2H3. The minimum Gasteiger partial charge on any atom is -0.445 e. The van der Waals surface area contributed by atoms with E-state index in [2.05, 4.69) is 13.8 Å². The summed E-state index contributed by atoms with van der Waals surface area (Å²) in [6.07, 6.45) is 3.36. The second kappa shape index (κ2) is 7.32. The molecule has 1 amide bonds. The quantitative estimate of drug-likeness (QED) is 0.828. The van der Waals surface area contributed by atoms with Crippen LogP contribution in [0.1, 0.15) is 38.7 Å². The fraction of sp³-hybridized carbons (Fsp3) is 0.588. The molecule has 0 spiro atoms. The maximum Gasteiger partial charge on any atom is 0.410 e. The second-order valence-electron chi connectivity index (χ2n) is 6.12. The molecule has 1 aromatic rings. The van der Waals surface area contributed by atoms with Gasteiger partial charge in [-0.1, -0.05) is 44.2 Å². The molecule has 20 heavy (non-hydrogen) atoms. The Kier molecular flexibility index (Phi) is 5.45. The van der Waals surface area contributed by atoms with Gasteiger partial charge in [-0.2, -0.15) is 0 Å². The molecular weight excluding hydrogens is 250 g/mol. The van der Waals surface area contributed by atoms with Crippen LogP contribution in [0.5, 0.6) is 0 Å². The first-order chi connectivity index (χ1) is 9.65. The number of piperidine rings is 1. The van der Waals surface area contributed by atoms with Gasteiger partial charge in [0.15, 0.2) is 0 Å². The van der Waals surface area contributed by atoms with Gasteiger partial charge in [0.1, 0.15) is 6.61 Å². The van der Waals surface area contributed by atoms with Gasteiger partial charge in [0.25, 0.3) is 0 Å². The Bertz CT molecular complexity index is 416. The number of rotatable bonds is 4. The third-order valence-electron chi connectivity index (χ3n) is 3.79. The summed E-state index contributed by atoms with van der Waals surface area (Å²) in [4.78, 5) is 14.0. The Balaban J connectivity index is 1.80. The molecule has 3 nitrogen and oxygen atoms in total. The van der Waals surface area contributed by atoms with E-state index in [0.717, 1.165) is 25.1 Å². The molecule has 2 rings (SSSR count). The fourth-order valence-corrected chi connectivity index (χ4v) is 2.90. The van der Waals surface area contributed by atoms with Gasteiger partial charge in [0.05, 0.1) is 0 Å². The topological polar surface area (TPSA) is 29.5 Å². The summed E-state index contributed by atoms with van der Waals surface area (Å²) >= 11 is 0. The average Bonchev–Trinajstić information content (AvgIpc) is 2.45. The van der Waals surface area contributed by atoms with Gasteiger partial charge in [-0.05, 0) is 36.7 Å². The summed E-state index contributed by atoms with van der Waals surface area (Å²) in [7, 11) is 0. The molecule has 1 aliphatic heterocycles. The van der Waals surface area contributed by atoms with Crippen LogP contribution in [-0.4, -0.2) is 24.1 Å². The van der Waals surface area contributed by atoms with Crippen molar-refractivity contribution in [2.75, 3.05) is 13.1 Å². The van der Waals surface area contributed by atoms with Gasteiger partial charge >= 0.3 is 6.09 Å². The zero-order chi connectivity index (χ0) is 14.4. The molecule has 1 fully saturated rings. The van der Waals surface area contributed by atoms with Crippen LogP contribution in [0.3, 0.4) is 0 Å². The van der Waals surface area contributed by atoms with Crippen molar-refractivity contribution in [2.45, 2.75) is 39.7 Å². The molecule has 110 valence electrons. The Morgan fingerprint density at radius 3 is 2.80 bits per heavy atom. The van der Waals surface area contributed by atoms with Gasteiger partial charge in [0, 0.05) is 13.1 Å². The predicted octanol–water partition coefficient (Wildman–Crippen LogP) is 4.08. The van der Waals surface area contributed by atoms with E-state index >= 15 is 0 Å². The predicted molar refractivity (Wildman–Crippen MR) is 80.4 cm³/mol. The molecule has 0 bridgehead atoms. The Labute approximate surface area is 121 Å². The van der Waals surface area contributed by atoms with Crippen LogP contribution in [0.2, 0.25) is 0 Å². The maximum atomic E-state index is 12.1. The molecular formula is C17H25NO2. The van der Waals surface area contributed by atoms with Crippen LogP contribution in [0, 0.1) is 11.8 Å². The number of ether oxygens (including phenoxy) is 1. The minimum absolute atomic E-state index is 0.165. The number of hydrogen-bond donors (Lipinski definition) is 0. The lowest BCUT2D eigenvalue weighted by Crippen LogP contribution is -2.40. The first-order valence-electron chi connectivity index (χ1n) is 7.60. The van der Waals surface area contributed by atoms with Crippen molar-refractivity contribution in [2.24, 2.45) is 11.8 Å². The van der Waals surface area contributed by atoms with E-state index in [4.69, 9.17) is 4.74 Å². The summed E-state index contributed by atoms with van der Waals surface area (Å²) in [5.41, 5.74) is 1.04. The Morgan fingerprint density at radius 2 is 2.10 bits per heavy atom. The van der Waals surface area contributed by atoms with Gasteiger partial charge in [0.2, 0.25) is 0 Å². The molecule has 1 aromatic carbocycles. The lowest BCUT2D eigenvalue weighted by atomic mass is 9.90. The number of benzene rings is 1. The number of likely N-dealkylation sites (tertiary alicyclic amines) is 1. The van der Waals surface area contributed by atoms with Gasteiger partial charge in [-0.25, -0.2) is 4.79 Å². The SMILES string of the molecule is CC(C)CC1CCCN(C(=O)OCc2ccccc2)C1. The van der Waals surface area contributed by atoms with Crippen molar-refractivity contribution in [1.29, 1.82) is 0 Å². The minimum atomic E-state index is -0.165. The van der Waals surface area contributed by atoms with Gasteiger partial charge in [-0.15, -0.1) is 0 Å². The van der Waals surface area contributed by atoms with Gasteiger partial charge in [-0.3, -0.25) is 0 Å². The molecule has 3 heteroatoms. The summed E-state index contributed by atoms with van der Waals surface area (Å²) in [6.45, 7) is 6.54. The lowest BCUT2D eigenvalue weighted by molar-refractivity contribution is 0.0763. The Hall–Kier alpha value is -1.51. The van der Waals surface area contributed by atoms with Crippen LogP contribution in [-0.2, 0) is 11.3 Å². The summed E-state index contributed by atoms with van der Waals surface area (Å²) in [5.74, 6) is 1.33. The molecule has 1 atom stereocenters. The van der Waals surface area contributed by atoms with Crippen LogP contribution >= 0.6 is 0 Å². The number of nitrogens with zero attached hydrogens (tertiary/aromatic N) is 1. The molecule has 1 saturated heterocycles. The summed E-state index contributed by atoms with van der Waals surface area (Å²) < 4.78 is 5.41. The molecule has 0 aromatic heterocycles. The summed E-state index contributed by atoms with van der Waals surface area (Å²) in [5, 5.41) is 0. The molecule has 0 N–H and O–H groups in total. The highest BCUT2D eigenvalue weighted by Crippen LogP contribution is 2.23. The van der Waals surface area contributed by atoms with E-state index in [-0.39, 0.29) is 6.09 Å². The highest BCUT2D eigenvalue weighted by atomic mass is 16.6. The van der Waals surface area contributed by atoms with Gasteiger partial charge < -0.3 is 9.64 Å². The smallest absolute Gasteiger partial charge is 0.410 e. The average molecular weight is 275 g/mol. The van der Waals surface area contributed by atoms with Crippen LogP contribution < -0.4 is 0 Å². The van der Waals surface area contributed by atoms with E-state index in [1.807, 2.05) is 35.2 Å². The number of carbonyl (C=O) groups is 1. The van der Waals surface area contributed by atoms with Crippen molar-refractivity contribution in [3.63, 3.8) is 0 Å². The zero-order valence-electron chi connectivity index (χ0n) is 12.5. The first-order valence-corrected chi connectivity index (χ1v) is 7.60. The molecule has 1 heterocycles. The van der Waals surface area contributed by atoms with Crippen LogP contribution in [0.15, 0.2) is 30.3 Å². The van der Waals surface area contributed by atoms with Crippen molar-refractivity contribution in [1.82, 2.24) is 4.90 Å². The Morgan fingerprint density at radius 1 is 1.35 bits per heavy atom. The largest absolute Gasteiger partial charge is 0.445 e. The highest BCUT2D eigenvalue weighted by Gasteiger charge is 2.24. The zero-order valence-corrected chi connectivity index (χ0v) is 12.5. The third-order valence-corrected chi connectivity index (χ3v) is 3.79. The first kappa shape index (κ1) is 14.9. The normalized spacial score (nSPS) is 19.1. The van der Waals surface area contributed by atoms with Crippen molar-refractivity contribution in [3.05, 3.63) is 35.9 Å². The number of hydrogen-bond acceptors (Lipinski definition) is 2. The molecule has 1 aliphatic rings. The lowest BCUT2D eigenvalue weighted by Gasteiger charge is -2.32. The fourth-order valence-electron chi connectivity index (χ4n) is 2.90. The van der Waals surface area contributed by atoms with E-state index < -0.39 is 0 Å². The van der Waals surface area contributed by atoms with Crippen molar-refractivity contribution >= 4 is 6.09 Å². The maximum absolute atomic E-state index is 12.1. The van der Waals surface area contributed by atoms with E-state index in [1.165, 1.54) is 12.8 Å². The molecule has 0 radical (unpaired) electrons. The molecule has 0 aliphatic carbocycles. The van der Waals surface area contributed by atoms with Crippen LogP contribution in [0.4, 0.5) is 4.79 Å². The molecule has 1 unspecified atom stereocenters. The number of amides is 1. The second-order valence-corrected chi connectivity index (χ2v) is 6.12.